The van der Waals surface area contributed by atoms with E-state index in [2.05, 4.69) is 47.9 Å². The second-order valence-electron chi connectivity index (χ2n) is 20.5. The Kier molecular flexibility index (Phi) is 35.3. The molecule has 0 saturated heterocycles. The molecule has 21 N–H and O–H groups in total. The van der Waals surface area contributed by atoms with Crippen LogP contribution >= 0.6 is 0 Å². The smallest absolute Gasteiger partial charge is 0.326 e. The van der Waals surface area contributed by atoms with Crippen LogP contribution in [0.3, 0.4) is 0 Å². The van der Waals surface area contributed by atoms with E-state index in [-0.39, 0.29) is 63.0 Å². The molecule has 0 aromatic carbocycles. The second kappa shape index (κ2) is 38.4. The molecule has 442 valence electrons. The van der Waals surface area contributed by atoms with Gasteiger partial charge in [0.1, 0.15) is 48.3 Å². The van der Waals surface area contributed by atoms with E-state index in [1.807, 2.05) is 13.8 Å². The van der Waals surface area contributed by atoms with Crippen LogP contribution in [0.5, 0.6) is 0 Å². The van der Waals surface area contributed by atoms with Crippen molar-refractivity contribution in [2.45, 2.75) is 200 Å². The molecule has 0 radical (unpaired) electrons. The first kappa shape index (κ1) is 70.8. The molecule has 0 spiro atoms. The van der Waals surface area contributed by atoms with Gasteiger partial charge in [0.2, 0.25) is 47.3 Å². The minimum absolute atomic E-state index is 0.000887. The van der Waals surface area contributed by atoms with E-state index in [0.717, 1.165) is 0 Å². The zero-order valence-corrected chi connectivity index (χ0v) is 46.5. The fourth-order valence-corrected chi connectivity index (χ4v) is 7.89. The van der Waals surface area contributed by atoms with Gasteiger partial charge in [0.25, 0.3) is 0 Å². The van der Waals surface area contributed by atoms with Crippen molar-refractivity contribution in [1.29, 1.82) is 5.41 Å². The van der Waals surface area contributed by atoms with Gasteiger partial charge >= 0.3 is 11.9 Å². The number of amides is 8. The maximum atomic E-state index is 14.3. The molecule has 0 saturated carbocycles. The number of aliphatic carboxylic acids is 2. The van der Waals surface area contributed by atoms with E-state index in [1.54, 1.807) is 41.5 Å². The van der Waals surface area contributed by atoms with Gasteiger partial charge in [0.15, 0.2) is 5.96 Å². The summed E-state index contributed by atoms with van der Waals surface area (Å²) in [6.45, 7) is 13.9. The van der Waals surface area contributed by atoms with Crippen LogP contribution in [-0.2, 0) is 47.9 Å². The first-order valence-corrected chi connectivity index (χ1v) is 26.9. The van der Waals surface area contributed by atoms with Crippen molar-refractivity contribution in [3.05, 3.63) is 0 Å². The number of hydrogen-bond acceptors (Lipinski definition) is 15. The second-order valence-corrected chi connectivity index (χ2v) is 20.5. The number of nitrogens with one attached hydrogen (secondary N) is 10. The van der Waals surface area contributed by atoms with Gasteiger partial charge in [-0.3, -0.25) is 48.6 Å². The number of aliphatic hydroxyl groups excluding tert-OH is 1. The van der Waals surface area contributed by atoms with E-state index in [9.17, 15) is 63.3 Å². The first-order valence-electron chi connectivity index (χ1n) is 26.9. The Balaban J connectivity index is 6.85. The molecule has 0 aromatic rings. The third-order valence-electron chi connectivity index (χ3n) is 12.8. The van der Waals surface area contributed by atoms with Gasteiger partial charge in [-0.05, 0) is 107 Å². The van der Waals surface area contributed by atoms with Crippen molar-refractivity contribution in [1.82, 2.24) is 47.9 Å². The summed E-state index contributed by atoms with van der Waals surface area (Å²) in [4.78, 5) is 135. The van der Waals surface area contributed by atoms with Crippen LogP contribution in [0.25, 0.3) is 0 Å². The van der Waals surface area contributed by atoms with Crippen LogP contribution in [0.1, 0.15) is 145 Å². The zero-order chi connectivity index (χ0) is 58.9. The van der Waals surface area contributed by atoms with Crippen LogP contribution < -0.4 is 70.8 Å². The van der Waals surface area contributed by atoms with Crippen LogP contribution in [0, 0.1) is 29.1 Å². The number of carbonyl (C=O) groups is 10. The van der Waals surface area contributed by atoms with E-state index >= 15 is 0 Å². The number of rotatable bonds is 41. The lowest BCUT2D eigenvalue weighted by atomic mass is 9.96. The molecule has 0 fully saturated rings. The lowest BCUT2D eigenvalue weighted by Crippen LogP contribution is -2.61. The molecular formula is C50H94N14O13. The average Bonchev–Trinajstić information content (AvgIpc) is 3.36. The van der Waals surface area contributed by atoms with E-state index < -0.39 is 145 Å². The van der Waals surface area contributed by atoms with Crippen LogP contribution in [0.2, 0.25) is 0 Å². The summed E-state index contributed by atoms with van der Waals surface area (Å²) in [6.07, 6.45) is 1.83. The number of guanidine groups is 1. The minimum Gasteiger partial charge on any atom is -0.481 e. The number of carbonyl (C=O) groups excluding carboxylic acids is 8. The lowest BCUT2D eigenvalue weighted by molar-refractivity contribution is -0.143. The molecule has 0 heterocycles. The molecule has 11 atom stereocenters. The number of hydrogen-bond donors (Lipinski definition) is 17. The van der Waals surface area contributed by atoms with Crippen molar-refractivity contribution in [2.24, 2.45) is 46.6 Å². The Hall–Kier alpha value is -6.19. The van der Waals surface area contributed by atoms with Gasteiger partial charge in [-0.15, -0.1) is 0 Å². The molecule has 0 rings (SSSR count). The highest BCUT2D eigenvalue weighted by atomic mass is 16.4. The van der Waals surface area contributed by atoms with Crippen molar-refractivity contribution in [3.63, 3.8) is 0 Å². The summed E-state index contributed by atoms with van der Waals surface area (Å²) in [5, 5.41) is 60.1. The number of carboxylic acid groups (broad SMARTS) is 2. The molecule has 0 unspecified atom stereocenters. The summed E-state index contributed by atoms with van der Waals surface area (Å²) in [5.74, 6) is -11.0. The fraction of sp³-hybridized carbons (Fsp3) is 0.780. The van der Waals surface area contributed by atoms with Crippen molar-refractivity contribution in [3.8, 4) is 0 Å². The highest BCUT2D eigenvalue weighted by Crippen LogP contribution is 2.15. The summed E-state index contributed by atoms with van der Waals surface area (Å²) in [7, 11) is 0. The quantitative estimate of drug-likeness (QED) is 0.0176. The van der Waals surface area contributed by atoms with Gasteiger partial charge in [0.05, 0.1) is 12.6 Å². The molecular weight excluding hydrogens is 1000 g/mol. The maximum Gasteiger partial charge on any atom is 0.326 e. The van der Waals surface area contributed by atoms with Crippen LogP contribution in [-0.4, -0.2) is 161 Å². The normalized spacial score (nSPS) is 15.6. The summed E-state index contributed by atoms with van der Waals surface area (Å²) < 4.78 is 0. The largest absolute Gasteiger partial charge is 0.481 e. The molecule has 0 aromatic heterocycles. The van der Waals surface area contributed by atoms with Crippen LogP contribution in [0.4, 0.5) is 0 Å². The predicted octanol–water partition coefficient (Wildman–Crippen LogP) is -2.16. The van der Waals surface area contributed by atoms with Gasteiger partial charge in [-0.1, -0.05) is 68.2 Å². The van der Waals surface area contributed by atoms with Crippen molar-refractivity contribution in [2.75, 3.05) is 26.2 Å². The third-order valence-corrected chi connectivity index (χ3v) is 12.8. The third kappa shape index (κ3) is 28.7. The van der Waals surface area contributed by atoms with Crippen LogP contribution in [0.15, 0.2) is 0 Å². The average molecular weight is 1100 g/mol. The predicted molar refractivity (Wildman–Crippen MR) is 288 cm³/mol. The molecule has 27 heteroatoms. The number of nitrogens with two attached hydrogens (primary N) is 4. The summed E-state index contributed by atoms with van der Waals surface area (Å²) in [5.41, 5.74) is 22.7. The monoisotopic (exact) mass is 1100 g/mol. The molecule has 77 heavy (non-hydrogen) atoms. The van der Waals surface area contributed by atoms with E-state index in [4.69, 9.17) is 28.3 Å². The highest BCUT2D eigenvalue weighted by molar-refractivity contribution is 5.98. The minimum atomic E-state index is -1.55. The number of unbranched alkanes of at least 4 members (excludes halogenated alkanes) is 2. The van der Waals surface area contributed by atoms with E-state index in [1.165, 1.54) is 0 Å². The number of carboxylic acids is 2. The zero-order valence-electron chi connectivity index (χ0n) is 46.5. The van der Waals surface area contributed by atoms with Crippen molar-refractivity contribution >= 4 is 65.2 Å². The molecule has 27 nitrogen and oxygen atoms in total. The summed E-state index contributed by atoms with van der Waals surface area (Å²) in [6, 6.07) is -12.0. The standard InChI is InChI=1S/C50H94N14O13/c1-9-29(7)39(63-43(70)33(18-15-23-56-50(54)55)57-46(73)37(26-65)62-41(68)31(53)24-27(3)4)47(74)59-32(16-11-13-21-51)42(69)61-36(25-28(5)6)45(72)58-34(19-20-38(66)67)44(71)64-40(30(8)10-2)48(75)60-35(49(76)77)17-12-14-22-52/h27-37,39-40,65H,9-26,51-53H2,1-8H3,(H,57,73)(H,58,72)(H,59,74)(H,60,75)(H,61,69)(H,62,68)(H,63,70)(H,64,71)(H,66,67)(H,76,77)(H4,54,55,56)/t29-,30-,31-,32-,33-,34-,35-,36-,37-,39-,40-/m0/s1. The van der Waals surface area contributed by atoms with E-state index in [0.29, 0.717) is 51.5 Å². The SMILES string of the molecule is CC[C@H](C)[C@H](NC(=O)[C@H](CCC(=O)O)NC(=O)[C@H](CC(C)C)NC(=O)[C@H](CCCCN)NC(=O)[C@@H](NC(=O)[C@H](CCCNC(=N)N)NC(=O)[C@H](CO)NC(=O)[C@@H](N)CC(C)C)[C@@H](C)CC)C(=O)N[C@@H](CCCCN)C(=O)O. The summed E-state index contributed by atoms with van der Waals surface area (Å²) >= 11 is 0. The van der Waals surface area contributed by atoms with Gasteiger partial charge in [0, 0.05) is 13.0 Å². The molecule has 0 aliphatic rings. The molecule has 0 aliphatic carbocycles. The maximum absolute atomic E-state index is 14.3. The first-order chi connectivity index (χ1) is 36.2. The Labute approximate surface area is 453 Å². The Morgan fingerprint density at radius 3 is 1.27 bits per heavy atom. The fourth-order valence-electron chi connectivity index (χ4n) is 7.89. The van der Waals surface area contributed by atoms with Gasteiger partial charge in [-0.25, -0.2) is 4.79 Å². The molecule has 0 aliphatic heterocycles. The highest BCUT2D eigenvalue weighted by Gasteiger charge is 2.37. The van der Waals surface area contributed by atoms with Crippen molar-refractivity contribution < 1.29 is 63.3 Å². The topological polar surface area (TPSA) is 468 Å². The number of aliphatic hydroxyl groups is 1. The molecule has 0 bridgehead atoms. The Bertz CT molecular complexity index is 1910. The Morgan fingerprint density at radius 1 is 0.481 bits per heavy atom. The Morgan fingerprint density at radius 2 is 0.857 bits per heavy atom. The van der Waals surface area contributed by atoms with Gasteiger partial charge < -0.3 is 86.1 Å². The van der Waals surface area contributed by atoms with Gasteiger partial charge in [-0.2, -0.15) is 0 Å². The molecule has 8 amide bonds. The lowest BCUT2D eigenvalue weighted by Gasteiger charge is -2.30.